The van der Waals surface area contributed by atoms with Gasteiger partial charge in [0.05, 0.1) is 22.8 Å². The number of sulfone groups is 1. The Morgan fingerprint density at radius 3 is 2.36 bits per heavy atom. The van der Waals surface area contributed by atoms with Gasteiger partial charge in [-0.15, -0.1) is 6.58 Å². The molecule has 1 heterocycles. The van der Waals surface area contributed by atoms with Gasteiger partial charge in [-0.05, 0) is 36.0 Å². The second kappa shape index (κ2) is 7.92. The first-order valence-corrected chi connectivity index (χ1v) is 11.1. The number of para-hydroxylation sites is 2. The number of aromatic nitrogens is 2. The van der Waals surface area contributed by atoms with Gasteiger partial charge in [0.15, 0.2) is 0 Å². The zero-order chi connectivity index (χ0) is 20.4. The highest BCUT2D eigenvalue weighted by atomic mass is 32.2. The molecule has 1 aromatic heterocycles. The van der Waals surface area contributed by atoms with E-state index in [1.165, 1.54) is 0 Å². The van der Waals surface area contributed by atoms with Crippen molar-refractivity contribution in [2.24, 2.45) is 5.41 Å². The second-order valence-electron chi connectivity index (χ2n) is 8.41. The maximum atomic E-state index is 13.6. The van der Waals surface area contributed by atoms with Crippen molar-refractivity contribution in [1.29, 1.82) is 0 Å². The predicted molar refractivity (Wildman–Crippen MR) is 115 cm³/mol. The van der Waals surface area contributed by atoms with Crippen molar-refractivity contribution in [3.8, 4) is 0 Å². The molecule has 2 aromatic carbocycles. The highest BCUT2D eigenvalue weighted by Crippen LogP contribution is 2.31. The lowest BCUT2D eigenvalue weighted by molar-refractivity contribution is 0.364. The summed E-state index contributed by atoms with van der Waals surface area (Å²) in [6.07, 6.45) is 2.65. The molecular weight excluding hydrogens is 368 g/mol. The highest BCUT2D eigenvalue weighted by molar-refractivity contribution is 7.91. The van der Waals surface area contributed by atoms with Crippen molar-refractivity contribution in [3.63, 3.8) is 0 Å². The lowest BCUT2D eigenvalue weighted by atomic mass is 9.89. The van der Waals surface area contributed by atoms with E-state index in [9.17, 15) is 8.42 Å². The average Bonchev–Trinajstić information content (AvgIpc) is 3.01. The van der Waals surface area contributed by atoms with Crippen LogP contribution in [0, 0.1) is 5.41 Å². The number of allylic oxidation sites excluding steroid dienone is 1. The number of imidazole rings is 1. The minimum atomic E-state index is -3.63. The van der Waals surface area contributed by atoms with E-state index in [2.05, 4.69) is 32.3 Å². The van der Waals surface area contributed by atoms with Gasteiger partial charge in [-0.1, -0.05) is 69.3 Å². The van der Waals surface area contributed by atoms with Crippen molar-refractivity contribution in [1.82, 2.24) is 9.55 Å². The molecule has 0 saturated heterocycles. The van der Waals surface area contributed by atoms with E-state index in [0.717, 1.165) is 11.1 Å². The van der Waals surface area contributed by atoms with Gasteiger partial charge < -0.3 is 4.57 Å². The van der Waals surface area contributed by atoms with Gasteiger partial charge in [0.1, 0.15) is 0 Å². The van der Waals surface area contributed by atoms with Crippen LogP contribution in [0.1, 0.15) is 39.2 Å². The normalized spacial score (nSPS) is 13.5. The Hall–Kier alpha value is -2.40. The van der Waals surface area contributed by atoms with Crippen LogP contribution < -0.4 is 0 Å². The van der Waals surface area contributed by atoms with Crippen molar-refractivity contribution >= 4 is 20.9 Å². The standard InChI is InChI=1S/C23H28N2O2S/c1-5-11-19(16-23(2,3)4)28(26,27)22-24-20-14-9-10-15-21(20)25(22)17-18-12-7-6-8-13-18/h5-10,12-15,19H,1,11,16-17H2,2-4H3/t19-/m0/s1. The Bertz CT molecular complexity index is 1060. The van der Waals surface area contributed by atoms with Gasteiger partial charge in [-0.25, -0.2) is 13.4 Å². The first-order chi connectivity index (χ1) is 13.2. The summed E-state index contributed by atoms with van der Waals surface area (Å²) in [6, 6.07) is 17.5. The molecule has 1 atom stereocenters. The first kappa shape index (κ1) is 20.3. The van der Waals surface area contributed by atoms with E-state index >= 15 is 0 Å². The van der Waals surface area contributed by atoms with E-state index in [1.807, 2.05) is 59.2 Å². The lowest BCUT2D eigenvalue weighted by Crippen LogP contribution is -2.29. The zero-order valence-electron chi connectivity index (χ0n) is 16.8. The number of hydrogen-bond acceptors (Lipinski definition) is 3. The predicted octanol–water partition coefficient (Wildman–Crippen LogP) is 5.24. The summed E-state index contributed by atoms with van der Waals surface area (Å²) in [6.45, 7) is 10.4. The molecule has 4 nitrogen and oxygen atoms in total. The summed E-state index contributed by atoms with van der Waals surface area (Å²) in [5.74, 6) is 0. The molecule has 0 saturated carbocycles. The molecular formula is C23H28N2O2S. The Morgan fingerprint density at radius 2 is 1.71 bits per heavy atom. The van der Waals surface area contributed by atoms with Gasteiger partial charge in [-0.3, -0.25) is 0 Å². The Balaban J connectivity index is 2.15. The first-order valence-electron chi connectivity index (χ1n) is 9.56. The molecule has 0 fully saturated rings. The van der Waals surface area contributed by atoms with Gasteiger partial charge in [-0.2, -0.15) is 0 Å². The maximum Gasteiger partial charge on any atom is 0.229 e. The molecule has 148 valence electrons. The molecule has 0 amide bonds. The van der Waals surface area contributed by atoms with Crippen molar-refractivity contribution in [2.45, 2.75) is 50.6 Å². The monoisotopic (exact) mass is 396 g/mol. The van der Waals surface area contributed by atoms with Crippen LogP contribution in [0.15, 0.2) is 72.4 Å². The second-order valence-corrected chi connectivity index (χ2v) is 10.5. The van der Waals surface area contributed by atoms with Gasteiger partial charge in [0.25, 0.3) is 0 Å². The smallest absolute Gasteiger partial charge is 0.229 e. The van der Waals surface area contributed by atoms with Crippen LogP contribution in [0.25, 0.3) is 11.0 Å². The largest absolute Gasteiger partial charge is 0.310 e. The third-order valence-electron chi connectivity index (χ3n) is 4.77. The molecule has 3 rings (SSSR count). The molecule has 0 spiro atoms. The molecule has 0 aliphatic heterocycles. The highest BCUT2D eigenvalue weighted by Gasteiger charge is 2.34. The van der Waals surface area contributed by atoms with E-state index in [-0.39, 0.29) is 10.6 Å². The van der Waals surface area contributed by atoms with Gasteiger partial charge in [0.2, 0.25) is 15.0 Å². The Labute approximate surface area is 167 Å². The molecule has 0 N–H and O–H groups in total. The quantitative estimate of drug-likeness (QED) is 0.513. The zero-order valence-corrected chi connectivity index (χ0v) is 17.6. The van der Waals surface area contributed by atoms with Crippen LogP contribution in [0.4, 0.5) is 0 Å². The number of nitrogens with zero attached hydrogens (tertiary/aromatic N) is 2. The van der Waals surface area contributed by atoms with Crippen molar-refractivity contribution in [3.05, 3.63) is 72.8 Å². The fraction of sp³-hybridized carbons (Fsp3) is 0.348. The molecule has 0 aliphatic carbocycles. The van der Waals surface area contributed by atoms with Gasteiger partial charge in [0, 0.05) is 0 Å². The van der Waals surface area contributed by atoms with Crippen LogP contribution in [0.3, 0.4) is 0 Å². The Morgan fingerprint density at radius 1 is 1.07 bits per heavy atom. The summed E-state index contributed by atoms with van der Waals surface area (Å²) in [5.41, 5.74) is 2.46. The van der Waals surface area contributed by atoms with E-state index < -0.39 is 15.1 Å². The third-order valence-corrected chi connectivity index (χ3v) is 6.82. The lowest BCUT2D eigenvalue weighted by Gasteiger charge is -2.25. The Kier molecular flexibility index (Phi) is 5.75. The topological polar surface area (TPSA) is 52.0 Å². The van der Waals surface area contributed by atoms with Crippen LogP contribution in [-0.2, 0) is 16.4 Å². The molecule has 0 unspecified atom stereocenters. The van der Waals surface area contributed by atoms with Crippen molar-refractivity contribution in [2.75, 3.05) is 0 Å². The molecule has 3 aromatic rings. The maximum absolute atomic E-state index is 13.6. The SMILES string of the molecule is C=CC[C@@H](CC(C)(C)C)S(=O)(=O)c1nc2ccccc2n1Cc1ccccc1. The third kappa shape index (κ3) is 4.36. The fourth-order valence-electron chi connectivity index (χ4n) is 3.53. The number of fused-ring (bicyclic) bond motifs is 1. The summed E-state index contributed by atoms with van der Waals surface area (Å²) in [4.78, 5) is 4.55. The number of hydrogen-bond donors (Lipinski definition) is 0. The van der Waals surface area contributed by atoms with Crippen LogP contribution in [0.2, 0.25) is 0 Å². The number of benzene rings is 2. The van der Waals surface area contributed by atoms with Crippen molar-refractivity contribution < 1.29 is 8.42 Å². The summed E-state index contributed by atoms with van der Waals surface area (Å²) < 4.78 is 29.1. The summed E-state index contributed by atoms with van der Waals surface area (Å²) in [7, 11) is -3.63. The van der Waals surface area contributed by atoms with Crippen LogP contribution >= 0.6 is 0 Å². The molecule has 28 heavy (non-hydrogen) atoms. The van der Waals surface area contributed by atoms with Crippen LogP contribution in [0.5, 0.6) is 0 Å². The minimum absolute atomic E-state index is 0.114. The van der Waals surface area contributed by atoms with E-state index in [4.69, 9.17) is 0 Å². The molecule has 0 aliphatic rings. The average molecular weight is 397 g/mol. The van der Waals surface area contributed by atoms with E-state index in [0.29, 0.717) is 24.9 Å². The molecule has 0 bridgehead atoms. The van der Waals surface area contributed by atoms with E-state index in [1.54, 1.807) is 6.08 Å². The molecule has 0 radical (unpaired) electrons. The fourth-order valence-corrected chi connectivity index (χ4v) is 5.63. The summed E-state index contributed by atoms with van der Waals surface area (Å²) >= 11 is 0. The molecule has 5 heteroatoms. The minimum Gasteiger partial charge on any atom is -0.310 e. The van der Waals surface area contributed by atoms with Gasteiger partial charge >= 0.3 is 0 Å². The number of rotatable bonds is 7. The summed E-state index contributed by atoms with van der Waals surface area (Å²) in [5, 5.41) is -0.398. The van der Waals surface area contributed by atoms with Crippen LogP contribution in [-0.4, -0.2) is 23.2 Å².